The molecule has 0 spiro atoms. The molecule has 6 heteroatoms. The molecule has 5 nitrogen and oxygen atoms in total. The van der Waals surface area contributed by atoms with Gasteiger partial charge in [0.1, 0.15) is 0 Å². The lowest BCUT2D eigenvalue weighted by atomic mass is 10.1. The van der Waals surface area contributed by atoms with Crippen molar-refractivity contribution in [3.05, 3.63) is 29.3 Å². The number of hydrogen-bond donors (Lipinski definition) is 1. The number of nitrogens with one attached hydrogen (secondary N) is 1. The molecule has 2 rings (SSSR count). The third-order valence-corrected chi connectivity index (χ3v) is 5.56. The number of likely N-dealkylation sites (tertiary alicyclic amines) is 1. The van der Waals surface area contributed by atoms with Gasteiger partial charge in [-0.15, -0.1) is 0 Å². The van der Waals surface area contributed by atoms with Gasteiger partial charge in [0.2, 0.25) is 15.9 Å². The number of sulfonamides is 1. The molecule has 1 aliphatic rings. The fourth-order valence-electron chi connectivity index (χ4n) is 2.82. The molecule has 122 valence electrons. The van der Waals surface area contributed by atoms with Crippen molar-refractivity contribution in [2.75, 3.05) is 6.54 Å². The highest BCUT2D eigenvalue weighted by Crippen LogP contribution is 2.24. The van der Waals surface area contributed by atoms with Crippen LogP contribution in [0.4, 0.5) is 0 Å². The smallest absolute Gasteiger partial charge is 0.241 e. The van der Waals surface area contributed by atoms with E-state index in [4.69, 9.17) is 0 Å². The van der Waals surface area contributed by atoms with Crippen LogP contribution in [0.3, 0.4) is 0 Å². The standard InChI is InChI=1S/C16H24N2O3S/c1-11-6-7-14(12(2)8-11)22(20,21)17-13-9-15(19)18(10-13)16(3,4)5/h6-8,13,17H,9-10H2,1-5H3. The van der Waals surface area contributed by atoms with Crippen LogP contribution in [0, 0.1) is 13.8 Å². The second-order valence-corrected chi connectivity index (χ2v) is 8.65. The lowest BCUT2D eigenvalue weighted by molar-refractivity contribution is -0.131. The van der Waals surface area contributed by atoms with Crippen LogP contribution in [0.5, 0.6) is 0 Å². The summed E-state index contributed by atoms with van der Waals surface area (Å²) in [7, 11) is -3.61. The maximum absolute atomic E-state index is 12.5. The van der Waals surface area contributed by atoms with E-state index >= 15 is 0 Å². The van der Waals surface area contributed by atoms with Gasteiger partial charge >= 0.3 is 0 Å². The van der Waals surface area contributed by atoms with Crippen molar-refractivity contribution in [3.63, 3.8) is 0 Å². The monoisotopic (exact) mass is 324 g/mol. The van der Waals surface area contributed by atoms with Gasteiger partial charge in [-0.3, -0.25) is 4.79 Å². The van der Waals surface area contributed by atoms with Gasteiger partial charge in [-0.1, -0.05) is 17.7 Å². The molecule has 1 aliphatic heterocycles. The largest absolute Gasteiger partial charge is 0.336 e. The first kappa shape index (κ1) is 17.0. The summed E-state index contributed by atoms with van der Waals surface area (Å²) in [6.07, 6.45) is 0.210. The lowest BCUT2D eigenvalue weighted by Crippen LogP contribution is -2.44. The zero-order chi connectivity index (χ0) is 16.7. The number of nitrogens with zero attached hydrogens (tertiary/aromatic N) is 1. The Labute approximate surface area is 132 Å². The van der Waals surface area contributed by atoms with Gasteiger partial charge in [0.15, 0.2) is 0 Å². The molecule has 1 fully saturated rings. The lowest BCUT2D eigenvalue weighted by Gasteiger charge is -2.32. The maximum atomic E-state index is 12.5. The molecule has 0 radical (unpaired) electrons. The van der Waals surface area contributed by atoms with Crippen molar-refractivity contribution < 1.29 is 13.2 Å². The Kier molecular flexibility index (Phi) is 4.37. The molecular weight excluding hydrogens is 300 g/mol. The highest BCUT2D eigenvalue weighted by atomic mass is 32.2. The number of carbonyl (C=O) groups excluding carboxylic acids is 1. The molecule has 1 atom stereocenters. The van der Waals surface area contributed by atoms with Crippen molar-refractivity contribution >= 4 is 15.9 Å². The summed E-state index contributed by atoms with van der Waals surface area (Å²) >= 11 is 0. The Morgan fingerprint density at radius 3 is 2.36 bits per heavy atom. The summed E-state index contributed by atoms with van der Waals surface area (Å²) in [5.41, 5.74) is 1.44. The number of rotatable bonds is 3. The summed E-state index contributed by atoms with van der Waals surface area (Å²) in [6.45, 7) is 9.96. The third kappa shape index (κ3) is 3.50. The first-order valence-corrected chi connectivity index (χ1v) is 8.89. The zero-order valence-electron chi connectivity index (χ0n) is 13.8. The Morgan fingerprint density at radius 1 is 1.23 bits per heavy atom. The molecule has 1 amide bonds. The van der Waals surface area contributed by atoms with Gasteiger partial charge < -0.3 is 4.90 Å². The van der Waals surface area contributed by atoms with Crippen LogP contribution >= 0.6 is 0 Å². The normalized spacial score (nSPS) is 19.8. The Balaban J connectivity index is 2.19. The Morgan fingerprint density at radius 2 is 1.86 bits per heavy atom. The Hall–Kier alpha value is -1.40. The zero-order valence-corrected chi connectivity index (χ0v) is 14.6. The summed E-state index contributed by atoms with van der Waals surface area (Å²) in [4.78, 5) is 14.1. The summed E-state index contributed by atoms with van der Waals surface area (Å²) < 4.78 is 27.8. The molecule has 0 aliphatic carbocycles. The third-order valence-electron chi connectivity index (χ3n) is 3.88. The molecule has 1 saturated heterocycles. The average Bonchev–Trinajstić information content (AvgIpc) is 2.68. The second-order valence-electron chi connectivity index (χ2n) is 6.97. The van der Waals surface area contributed by atoms with E-state index in [0.29, 0.717) is 12.1 Å². The van der Waals surface area contributed by atoms with Gasteiger partial charge in [-0.25, -0.2) is 13.1 Å². The minimum absolute atomic E-state index is 0.0131. The summed E-state index contributed by atoms with van der Waals surface area (Å²) in [5, 5.41) is 0. The van der Waals surface area contributed by atoms with Crippen LogP contribution in [-0.4, -0.2) is 37.4 Å². The van der Waals surface area contributed by atoms with E-state index in [-0.39, 0.29) is 28.8 Å². The van der Waals surface area contributed by atoms with E-state index in [1.807, 2.05) is 33.8 Å². The van der Waals surface area contributed by atoms with Crippen LogP contribution in [0.2, 0.25) is 0 Å². The van der Waals surface area contributed by atoms with E-state index in [9.17, 15) is 13.2 Å². The molecule has 1 aromatic carbocycles. The second kappa shape index (κ2) is 5.66. The van der Waals surface area contributed by atoms with Crippen molar-refractivity contribution in [3.8, 4) is 0 Å². The minimum atomic E-state index is -3.61. The van der Waals surface area contributed by atoms with Gasteiger partial charge in [0.05, 0.1) is 4.90 Å². The molecular formula is C16H24N2O3S. The van der Waals surface area contributed by atoms with E-state index in [1.165, 1.54) is 0 Å². The van der Waals surface area contributed by atoms with Crippen molar-refractivity contribution in [1.82, 2.24) is 9.62 Å². The minimum Gasteiger partial charge on any atom is -0.336 e. The number of hydrogen-bond acceptors (Lipinski definition) is 3. The van der Waals surface area contributed by atoms with E-state index < -0.39 is 10.0 Å². The van der Waals surface area contributed by atoms with Gasteiger partial charge in [-0.2, -0.15) is 0 Å². The number of amides is 1. The van der Waals surface area contributed by atoms with Crippen molar-refractivity contribution in [1.29, 1.82) is 0 Å². The fourth-order valence-corrected chi connectivity index (χ4v) is 4.27. The van der Waals surface area contributed by atoms with Crippen LogP contribution in [-0.2, 0) is 14.8 Å². The first-order valence-electron chi connectivity index (χ1n) is 7.41. The highest BCUT2D eigenvalue weighted by Gasteiger charge is 2.38. The van der Waals surface area contributed by atoms with Gasteiger partial charge in [0.25, 0.3) is 0 Å². The predicted molar refractivity (Wildman–Crippen MR) is 86.1 cm³/mol. The van der Waals surface area contributed by atoms with E-state index in [2.05, 4.69) is 4.72 Å². The van der Waals surface area contributed by atoms with E-state index in [1.54, 1.807) is 24.0 Å². The van der Waals surface area contributed by atoms with Gasteiger partial charge in [0, 0.05) is 24.5 Å². The molecule has 1 N–H and O–H groups in total. The highest BCUT2D eigenvalue weighted by molar-refractivity contribution is 7.89. The summed E-state index contributed by atoms with van der Waals surface area (Å²) in [6, 6.07) is 4.86. The first-order chi connectivity index (χ1) is 10.0. The number of carbonyl (C=O) groups is 1. The van der Waals surface area contributed by atoms with Crippen LogP contribution < -0.4 is 4.72 Å². The molecule has 0 aromatic heterocycles. The van der Waals surface area contributed by atoms with E-state index in [0.717, 1.165) is 5.56 Å². The maximum Gasteiger partial charge on any atom is 0.241 e. The molecule has 1 unspecified atom stereocenters. The van der Waals surface area contributed by atoms with Crippen molar-refractivity contribution in [2.24, 2.45) is 0 Å². The number of benzene rings is 1. The molecule has 0 saturated carbocycles. The van der Waals surface area contributed by atoms with Crippen LogP contribution in [0.1, 0.15) is 38.3 Å². The number of aryl methyl sites for hydroxylation is 2. The molecule has 22 heavy (non-hydrogen) atoms. The fraction of sp³-hybridized carbons (Fsp3) is 0.562. The van der Waals surface area contributed by atoms with Gasteiger partial charge in [-0.05, 0) is 46.2 Å². The van der Waals surface area contributed by atoms with Crippen molar-refractivity contribution in [2.45, 2.75) is 57.5 Å². The van der Waals surface area contributed by atoms with Crippen LogP contribution in [0.15, 0.2) is 23.1 Å². The SMILES string of the molecule is Cc1ccc(S(=O)(=O)NC2CC(=O)N(C(C)(C)C)C2)c(C)c1. The topological polar surface area (TPSA) is 66.5 Å². The average molecular weight is 324 g/mol. The summed E-state index contributed by atoms with van der Waals surface area (Å²) in [5.74, 6) is -0.0131. The molecule has 1 heterocycles. The predicted octanol–water partition coefficient (Wildman–Crippen LogP) is 1.98. The quantitative estimate of drug-likeness (QED) is 0.924. The molecule has 1 aromatic rings. The molecule has 0 bridgehead atoms. The van der Waals surface area contributed by atoms with Crippen LogP contribution in [0.25, 0.3) is 0 Å². The Bertz CT molecular complexity index is 690.